The number of amides is 1. The number of hydrogen-bond donors (Lipinski definition) is 1. The van der Waals surface area contributed by atoms with Crippen molar-refractivity contribution in [3.8, 4) is 5.75 Å². The van der Waals surface area contributed by atoms with Crippen LogP contribution in [0, 0.1) is 0 Å². The highest BCUT2D eigenvalue weighted by Crippen LogP contribution is 2.36. The molecule has 1 amide bonds. The van der Waals surface area contributed by atoms with E-state index in [0.29, 0.717) is 17.8 Å². The fourth-order valence-electron chi connectivity index (χ4n) is 2.34. The highest BCUT2D eigenvalue weighted by molar-refractivity contribution is 7.99. The number of ether oxygens (including phenoxy) is 1. The Morgan fingerprint density at radius 1 is 1.24 bits per heavy atom. The van der Waals surface area contributed by atoms with Gasteiger partial charge in [-0.15, -0.1) is 11.8 Å². The summed E-state index contributed by atoms with van der Waals surface area (Å²) in [7, 11) is 1.61. The van der Waals surface area contributed by atoms with E-state index in [0.717, 1.165) is 22.1 Å². The van der Waals surface area contributed by atoms with E-state index in [4.69, 9.17) is 10.5 Å². The van der Waals surface area contributed by atoms with Gasteiger partial charge in [0.1, 0.15) is 5.75 Å². The first kappa shape index (κ1) is 13.8. The van der Waals surface area contributed by atoms with E-state index >= 15 is 0 Å². The molecule has 108 valence electrons. The molecule has 0 saturated heterocycles. The Morgan fingerprint density at radius 2 is 2.00 bits per heavy atom. The molecule has 0 bridgehead atoms. The average Bonchev–Trinajstić information content (AvgIpc) is 2.53. The second-order valence-corrected chi connectivity index (χ2v) is 5.90. The molecule has 2 aromatic rings. The van der Waals surface area contributed by atoms with Crippen molar-refractivity contribution in [3.63, 3.8) is 0 Å². The molecule has 0 fully saturated rings. The highest BCUT2D eigenvalue weighted by Gasteiger charge is 2.24. The predicted molar refractivity (Wildman–Crippen MR) is 86.2 cm³/mol. The van der Waals surface area contributed by atoms with Crippen molar-refractivity contribution >= 4 is 29.0 Å². The second-order valence-electron chi connectivity index (χ2n) is 4.76. The van der Waals surface area contributed by atoms with Crippen LogP contribution in [0.4, 0.5) is 11.4 Å². The van der Waals surface area contributed by atoms with Gasteiger partial charge in [-0.05, 0) is 42.5 Å². The lowest BCUT2D eigenvalue weighted by Crippen LogP contribution is -2.35. The number of nitrogen functional groups attached to an aromatic ring is 1. The zero-order valence-electron chi connectivity index (χ0n) is 11.7. The topological polar surface area (TPSA) is 55.6 Å². The third-order valence-electron chi connectivity index (χ3n) is 3.43. The standard InChI is InChI=1S/C16H16N2O2S/c1-20-13-5-2-11(3-6-13)16(19)18-8-9-21-15-7-4-12(17)10-14(15)18/h2-7,10H,8-9,17H2,1H3. The van der Waals surface area contributed by atoms with E-state index in [9.17, 15) is 4.79 Å². The maximum Gasteiger partial charge on any atom is 0.258 e. The van der Waals surface area contributed by atoms with Crippen molar-refractivity contribution in [1.82, 2.24) is 0 Å². The van der Waals surface area contributed by atoms with Gasteiger partial charge in [0.2, 0.25) is 0 Å². The molecule has 21 heavy (non-hydrogen) atoms. The van der Waals surface area contributed by atoms with Crippen molar-refractivity contribution in [2.45, 2.75) is 4.90 Å². The summed E-state index contributed by atoms with van der Waals surface area (Å²) in [4.78, 5) is 15.6. The third kappa shape index (κ3) is 2.69. The van der Waals surface area contributed by atoms with Gasteiger partial charge >= 0.3 is 0 Å². The van der Waals surface area contributed by atoms with Crippen LogP contribution in [0.1, 0.15) is 10.4 Å². The summed E-state index contributed by atoms with van der Waals surface area (Å²) in [5.41, 5.74) is 8.07. The van der Waals surface area contributed by atoms with Crippen LogP contribution >= 0.6 is 11.8 Å². The van der Waals surface area contributed by atoms with Crippen LogP contribution in [0.3, 0.4) is 0 Å². The van der Waals surface area contributed by atoms with Gasteiger partial charge < -0.3 is 15.4 Å². The number of hydrogen-bond acceptors (Lipinski definition) is 4. The number of benzene rings is 2. The van der Waals surface area contributed by atoms with Crippen molar-refractivity contribution < 1.29 is 9.53 Å². The molecule has 1 heterocycles. The summed E-state index contributed by atoms with van der Waals surface area (Å²) in [5.74, 6) is 1.62. The number of nitrogens with two attached hydrogens (primary N) is 1. The van der Waals surface area contributed by atoms with Gasteiger partial charge in [0.05, 0.1) is 12.8 Å². The van der Waals surface area contributed by atoms with Crippen LogP contribution in [0.2, 0.25) is 0 Å². The summed E-state index contributed by atoms with van der Waals surface area (Å²) < 4.78 is 5.12. The zero-order chi connectivity index (χ0) is 14.8. The molecular formula is C16H16N2O2S. The molecule has 0 aliphatic carbocycles. The van der Waals surface area contributed by atoms with Crippen LogP contribution < -0.4 is 15.4 Å². The van der Waals surface area contributed by atoms with E-state index < -0.39 is 0 Å². The lowest BCUT2D eigenvalue weighted by molar-refractivity contribution is 0.0987. The fraction of sp³-hybridized carbons (Fsp3) is 0.188. The van der Waals surface area contributed by atoms with Crippen LogP contribution in [0.15, 0.2) is 47.4 Å². The van der Waals surface area contributed by atoms with Gasteiger partial charge in [0.25, 0.3) is 5.91 Å². The molecule has 0 saturated carbocycles. The zero-order valence-corrected chi connectivity index (χ0v) is 12.5. The van der Waals surface area contributed by atoms with E-state index in [1.807, 2.05) is 18.2 Å². The summed E-state index contributed by atoms with van der Waals surface area (Å²) in [6, 6.07) is 12.9. The molecule has 2 aromatic carbocycles. The lowest BCUT2D eigenvalue weighted by Gasteiger charge is -2.29. The number of rotatable bonds is 2. The van der Waals surface area contributed by atoms with E-state index in [-0.39, 0.29) is 5.91 Å². The maximum atomic E-state index is 12.7. The molecular weight excluding hydrogens is 284 g/mol. The summed E-state index contributed by atoms with van der Waals surface area (Å²) >= 11 is 1.75. The monoisotopic (exact) mass is 300 g/mol. The Labute approximate surface area is 127 Å². The molecule has 1 aliphatic rings. The van der Waals surface area contributed by atoms with Gasteiger partial charge in [0.15, 0.2) is 0 Å². The first-order chi connectivity index (χ1) is 10.2. The minimum atomic E-state index is -0.00944. The number of methoxy groups -OCH3 is 1. The Bertz CT molecular complexity index is 670. The average molecular weight is 300 g/mol. The molecule has 2 N–H and O–H groups in total. The lowest BCUT2D eigenvalue weighted by atomic mass is 10.1. The molecule has 0 atom stereocenters. The van der Waals surface area contributed by atoms with Gasteiger partial charge in [-0.3, -0.25) is 4.79 Å². The molecule has 0 aromatic heterocycles. The second kappa shape index (κ2) is 5.69. The summed E-state index contributed by atoms with van der Waals surface area (Å²) in [6.45, 7) is 0.686. The number of anilines is 2. The van der Waals surface area contributed by atoms with Crippen LogP contribution in [0.5, 0.6) is 5.75 Å². The van der Waals surface area contributed by atoms with Crippen molar-refractivity contribution in [3.05, 3.63) is 48.0 Å². The minimum absolute atomic E-state index is 0.00944. The normalized spacial score (nSPS) is 13.7. The molecule has 1 aliphatic heterocycles. The van der Waals surface area contributed by atoms with Gasteiger partial charge in [-0.25, -0.2) is 0 Å². The van der Waals surface area contributed by atoms with Crippen molar-refractivity contribution in [1.29, 1.82) is 0 Å². The van der Waals surface area contributed by atoms with Crippen LogP contribution in [-0.4, -0.2) is 25.3 Å². The van der Waals surface area contributed by atoms with Crippen molar-refractivity contribution in [2.75, 3.05) is 30.0 Å². The summed E-state index contributed by atoms with van der Waals surface area (Å²) in [5, 5.41) is 0. The van der Waals surface area contributed by atoms with Gasteiger partial charge in [-0.1, -0.05) is 0 Å². The molecule has 5 heteroatoms. The maximum absolute atomic E-state index is 12.7. The summed E-state index contributed by atoms with van der Waals surface area (Å²) in [6.07, 6.45) is 0. The number of nitrogens with zero attached hydrogens (tertiary/aromatic N) is 1. The Morgan fingerprint density at radius 3 is 2.71 bits per heavy atom. The Balaban J connectivity index is 1.93. The highest BCUT2D eigenvalue weighted by atomic mass is 32.2. The molecule has 4 nitrogen and oxygen atoms in total. The number of thioether (sulfide) groups is 1. The smallest absolute Gasteiger partial charge is 0.258 e. The first-order valence-corrected chi connectivity index (χ1v) is 7.66. The molecule has 0 radical (unpaired) electrons. The van der Waals surface area contributed by atoms with E-state index in [1.54, 1.807) is 48.0 Å². The molecule has 3 rings (SSSR count). The van der Waals surface area contributed by atoms with Crippen molar-refractivity contribution in [2.24, 2.45) is 0 Å². The van der Waals surface area contributed by atoms with Crippen LogP contribution in [-0.2, 0) is 0 Å². The number of carbonyl (C=O) groups excluding carboxylic acids is 1. The predicted octanol–water partition coefficient (Wildman–Crippen LogP) is 3.03. The van der Waals surface area contributed by atoms with Gasteiger partial charge in [0, 0.05) is 28.4 Å². The Kier molecular flexibility index (Phi) is 3.75. The first-order valence-electron chi connectivity index (χ1n) is 6.67. The molecule has 0 spiro atoms. The fourth-order valence-corrected chi connectivity index (χ4v) is 3.31. The SMILES string of the molecule is COc1ccc(C(=O)N2CCSc3ccc(N)cc32)cc1. The third-order valence-corrected chi connectivity index (χ3v) is 4.47. The largest absolute Gasteiger partial charge is 0.497 e. The minimum Gasteiger partial charge on any atom is -0.497 e. The Hall–Kier alpha value is -2.14. The van der Waals surface area contributed by atoms with Gasteiger partial charge in [-0.2, -0.15) is 0 Å². The number of carbonyl (C=O) groups is 1. The van der Waals surface area contributed by atoms with E-state index in [1.165, 1.54) is 0 Å². The number of fused-ring (bicyclic) bond motifs is 1. The van der Waals surface area contributed by atoms with E-state index in [2.05, 4.69) is 0 Å². The quantitative estimate of drug-likeness (QED) is 0.866. The van der Waals surface area contributed by atoms with Crippen LogP contribution in [0.25, 0.3) is 0 Å². The molecule has 0 unspecified atom stereocenters.